The standard InChI is InChI=1S/C9H11F2NO3/c1-2-14-8(13)7-5-3-9(10,11)4-6(5)15-12-7/h5-6H,2-4H2,1H3/t5-,6+/m1/s1. The summed E-state index contributed by atoms with van der Waals surface area (Å²) in [5.74, 6) is -4.02. The van der Waals surface area contributed by atoms with Gasteiger partial charge in [0, 0.05) is 6.42 Å². The van der Waals surface area contributed by atoms with Gasteiger partial charge in [0.25, 0.3) is 5.92 Å². The number of oxime groups is 1. The molecule has 1 saturated carbocycles. The lowest BCUT2D eigenvalue weighted by Crippen LogP contribution is -2.26. The number of rotatable bonds is 2. The molecule has 0 aromatic heterocycles. The second kappa shape index (κ2) is 3.43. The van der Waals surface area contributed by atoms with Crippen LogP contribution in [0.3, 0.4) is 0 Å². The van der Waals surface area contributed by atoms with E-state index < -0.39 is 23.9 Å². The van der Waals surface area contributed by atoms with E-state index in [1.54, 1.807) is 6.92 Å². The van der Waals surface area contributed by atoms with Gasteiger partial charge in [0.1, 0.15) is 6.10 Å². The van der Waals surface area contributed by atoms with Crippen LogP contribution >= 0.6 is 0 Å². The molecular formula is C9H11F2NO3. The average molecular weight is 219 g/mol. The quantitative estimate of drug-likeness (QED) is 0.658. The number of hydrogen-bond donors (Lipinski definition) is 0. The van der Waals surface area contributed by atoms with Crippen molar-refractivity contribution in [2.45, 2.75) is 31.8 Å². The Bertz CT molecular complexity index is 316. The Morgan fingerprint density at radius 3 is 3.07 bits per heavy atom. The fourth-order valence-corrected chi connectivity index (χ4v) is 1.94. The number of esters is 1. The molecule has 4 nitrogen and oxygen atoms in total. The average Bonchev–Trinajstić information content (AvgIpc) is 2.59. The number of halogens is 2. The maximum absolute atomic E-state index is 13.0. The maximum atomic E-state index is 13.0. The van der Waals surface area contributed by atoms with Crippen molar-refractivity contribution in [3.8, 4) is 0 Å². The predicted molar refractivity (Wildman–Crippen MR) is 46.6 cm³/mol. The topological polar surface area (TPSA) is 47.9 Å². The highest BCUT2D eigenvalue weighted by Gasteiger charge is 2.54. The van der Waals surface area contributed by atoms with E-state index in [9.17, 15) is 13.6 Å². The SMILES string of the molecule is CCOC(=O)C1=NO[C@H]2CC(F)(F)C[C@@H]12. The number of ether oxygens (including phenoxy) is 1. The summed E-state index contributed by atoms with van der Waals surface area (Å²) in [6, 6.07) is 0. The smallest absolute Gasteiger partial charge is 0.356 e. The van der Waals surface area contributed by atoms with Crippen molar-refractivity contribution in [1.29, 1.82) is 0 Å². The van der Waals surface area contributed by atoms with Crippen molar-refractivity contribution in [3.05, 3.63) is 0 Å². The van der Waals surface area contributed by atoms with Crippen LogP contribution in [0.1, 0.15) is 19.8 Å². The Balaban J connectivity index is 2.08. The van der Waals surface area contributed by atoms with Gasteiger partial charge < -0.3 is 9.57 Å². The molecule has 1 aliphatic heterocycles. The van der Waals surface area contributed by atoms with Gasteiger partial charge in [-0.25, -0.2) is 13.6 Å². The Labute approximate surface area is 85.2 Å². The van der Waals surface area contributed by atoms with Crippen LogP contribution < -0.4 is 0 Å². The maximum Gasteiger partial charge on any atom is 0.356 e. The Morgan fingerprint density at radius 1 is 1.67 bits per heavy atom. The molecule has 0 N–H and O–H groups in total. The number of hydrogen-bond acceptors (Lipinski definition) is 4. The molecule has 6 heteroatoms. The fraction of sp³-hybridized carbons (Fsp3) is 0.778. The van der Waals surface area contributed by atoms with Crippen molar-refractivity contribution >= 4 is 11.7 Å². The van der Waals surface area contributed by atoms with Gasteiger partial charge in [-0.15, -0.1) is 0 Å². The highest BCUT2D eigenvalue weighted by Crippen LogP contribution is 2.44. The lowest BCUT2D eigenvalue weighted by molar-refractivity contribution is -0.135. The molecule has 2 aliphatic rings. The minimum atomic E-state index is -2.76. The van der Waals surface area contributed by atoms with Crippen LogP contribution in [0.5, 0.6) is 0 Å². The Hall–Kier alpha value is -1.20. The molecule has 1 aliphatic carbocycles. The summed E-state index contributed by atoms with van der Waals surface area (Å²) in [4.78, 5) is 16.1. The molecule has 0 aromatic rings. The third kappa shape index (κ3) is 1.80. The Morgan fingerprint density at radius 2 is 2.40 bits per heavy atom. The molecule has 15 heavy (non-hydrogen) atoms. The van der Waals surface area contributed by atoms with Gasteiger partial charge in [0.2, 0.25) is 0 Å². The first-order valence-corrected chi connectivity index (χ1v) is 4.82. The zero-order chi connectivity index (χ0) is 11.1. The first kappa shape index (κ1) is 10.3. The zero-order valence-corrected chi connectivity index (χ0v) is 8.20. The summed E-state index contributed by atoms with van der Waals surface area (Å²) in [7, 11) is 0. The third-order valence-electron chi connectivity index (χ3n) is 2.59. The van der Waals surface area contributed by atoms with Gasteiger partial charge in [0.05, 0.1) is 18.9 Å². The normalized spacial score (nSPS) is 31.8. The first-order chi connectivity index (χ1) is 7.03. The summed E-state index contributed by atoms with van der Waals surface area (Å²) in [6.45, 7) is 1.85. The van der Waals surface area contributed by atoms with Crippen LogP contribution in [0.2, 0.25) is 0 Å². The number of nitrogens with zero attached hydrogens (tertiary/aromatic N) is 1. The first-order valence-electron chi connectivity index (χ1n) is 4.82. The third-order valence-corrected chi connectivity index (χ3v) is 2.59. The fourth-order valence-electron chi connectivity index (χ4n) is 1.94. The molecule has 1 heterocycles. The van der Waals surface area contributed by atoms with Crippen molar-refractivity contribution in [1.82, 2.24) is 0 Å². The lowest BCUT2D eigenvalue weighted by Gasteiger charge is -2.08. The molecule has 0 amide bonds. The second-order valence-corrected chi connectivity index (χ2v) is 3.71. The van der Waals surface area contributed by atoms with Gasteiger partial charge in [-0.05, 0) is 6.92 Å². The number of carbonyl (C=O) groups excluding carboxylic acids is 1. The van der Waals surface area contributed by atoms with Gasteiger partial charge in [0.15, 0.2) is 5.71 Å². The molecule has 0 radical (unpaired) electrons. The molecule has 0 aromatic carbocycles. The van der Waals surface area contributed by atoms with E-state index in [0.29, 0.717) is 0 Å². The van der Waals surface area contributed by atoms with Crippen LogP contribution in [0.4, 0.5) is 8.78 Å². The molecule has 0 saturated heterocycles. The minimum absolute atomic E-state index is 0.000903. The molecule has 0 spiro atoms. The van der Waals surface area contributed by atoms with Crippen molar-refractivity contribution in [3.63, 3.8) is 0 Å². The number of fused-ring (bicyclic) bond motifs is 1. The van der Waals surface area contributed by atoms with E-state index >= 15 is 0 Å². The van der Waals surface area contributed by atoms with E-state index in [2.05, 4.69) is 5.16 Å². The van der Waals surface area contributed by atoms with Crippen molar-refractivity contribution < 1.29 is 23.1 Å². The molecule has 2 atom stereocenters. The van der Waals surface area contributed by atoms with Crippen LogP contribution in [-0.2, 0) is 14.4 Å². The van der Waals surface area contributed by atoms with Crippen LogP contribution in [0.25, 0.3) is 0 Å². The predicted octanol–water partition coefficient (Wildman–Crippen LogP) is 1.35. The van der Waals surface area contributed by atoms with E-state index in [4.69, 9.17) is 9.57 Å². The van der Waals surface area contributed by atoms with Gasteiger partial charge in [-0.3, -0.25) is 0 Å². The number of carbonyl (C=O) groups is 1. The van der Waals surface area contributed by atoms with E-state index in [1.165, 1.54) is 0 Å². The van der Waals surface area contributed by atoms with Gasteiger partial charge in [-0.1, -0.05) is 5.16 Å². The molecule has 0 unspecified atom stereocenters. The van der Waals surface area contributed by atoms with E-state index in [0.717, 1.165) is 0 Å². The van der Waals surface area contributed by atoms with Crippen LogP contribution in [0.15, 0.2) is 5.16 Å². The summed E-state index contributed by atoms with van der Waals surface area (Å²) in [6.07, 6.45) is -1.42. The lowest BCUT2D eigenvalue weighted by atomic mass is 10.0. The summed E-state index contributed by atoms with van der Waals surface area (Å²) in [5, 5.41) is 3.51. The largest absolute Gasteiger partial charge is 0.461 e. The highest BCUT2D eigenvalue weighted by molar-refractivity contribution is 6.37. The van der Waals surface area contributed by atoms with Crippen LogP contribution in [-0.4, -0.2) is 30.3 Å². The molecule has 0 bridgehead atoms. The molecular weight excluding hydrogens is 208 g/mol. The molecule has 1 fully saturated rings. The Kier molecular flexibility index (Phi) is 2.36. The highest BCUT2D eigenvalue weighted by atomic mass is 19.3. The van der Waals surface area contributed by atoms with Gasteiger partial charge in [-0.2, -0.15) is 0 Å². The van der Waals surface area contributed by atoms with Gasteiger partial charge >= 0.3 is 5.97 Å². The monoisotopic (exact) mass is 219 g/mol. The number of alkyl halides is 2. The van der Waals surface area contributed by atoms with Crippen molar-refractivity contribution in [2.24, 2.45) is 11.1 Å². The van der Waals surface area contributed by atoms with Crippen LogP contribution in [0, 0.1) is 5.92 Å². The van der Waals surface area contributed by atoms with E-state index in [-0.39, 0.29) is 25.2 Å². The molecule has 2 rings (SSSR count). The van der Waals surface area contributed by atoms with Crippen molar-refractivity contribution in [2.75, 3.05) is 6.61 Å². The summed E-state index contributed by atoms with van der Waals surface area (Å²) < 4.78 is 30.7. The summed E-state index contributed by atoms with van der Waals surface area (Å²) in [5.41, 5.74) is -0.000903. The second-order valence-electron chi connectivity index (χ2n) is 3.71. The minimum Gasteiger partial charge on any atom is -0.461 e. The molecule has 84 valence electrons. The van der Waals surface area contributed by atoms with E-state index in [1.807, 2.05) is 0 Å². The zero-order valence-electron chi connectivity index (χ0n) is 8.20. The summed E-state index contributed by atoms with van der Waals surface area (Å²) >= 11 is 0.